The fourth-order valence-electron chi connectivity index (χ4n) is 3.11. The number of amides is 1. The van der Waals surface area contributed by atoms with Crippen molar-refractivity contribution < 1.29 is 17.6 Å². The molecule has 5 nitrogen and oxygen atoms in total. The summed E-state index contributed by atoms with van der Waals surface area (Å²) >= 11 is 1.55. The number of thiophene rings is 1. The van der Waals surface area contributed by atoms with Crippen LogP contribution in [0.25, 0.3) is 0 Å². The first-order chi connectivity index (χ1) is 14.8. The van der Waals surface area contributed by atoms with E-state index in [1.165, 1.54) is 24.3 Å². The number of anilines is 1. The predicted octanol–water partition coefficient (Wildman–Crippen LogP) is 5.64. The smallest absolute Gasteiger partial charge is 0.294 e. The quantitative estimate of drug-likeness (QED) is 0.381. The third-order valence-corrected chi connectivity index (χ3v) is 7.38. The standard InChI is InChI=1S/C24H21NO4S2/c1-17-5-9-19(10-6-17)25(16-20-4-3-15-30-20)24(26)22-13-14-23(29-22)31(27,28)21-11-7-18(2)8-12-21/h3-15H,16H2,1-2H3. The van der Waals surface area contributed by atoms with E-state index in [2.05, 4.69) is 0 Å². The molecule has 4 aromatic rings. The average Bonchev–Trinajstić information content (AvgIpc) is 3.45. The van der Waals surface area contributed by atoms with Gasteiger partial charge in [-0.25, -0.2) is 8.42 Å². The molecule has 0 aliphatic carbocycles. The Morgan fingerprint density at radius 1 is 0.903 bits per heavy atom. The molecule has 31 heavy (non-hydrogen) atoms. The van der Waals surface area contributed by atoms with Crippen LogP contribution in [0, 0.1) is 13.8 Å². The Hall–Kier alpha value is -3.16. The SMILES string of the molecule is Cc1ccc(N(Cc2cccs2)C(=O)c2ccc(S(=O)(=O)c3ccc(C)cc3)o2)cc1. The van der Waals surface area contributed by atoms with Gasteiger partial charge in [0.05, 0.1) is 11.4 Å². The van der Waals surface area contributed by atoms with Crippen molar-refractivity contribution in [2.24, 2.45) is 0 Å². The van der Waals surface area contributed by atoms with E-state index in [0.29, 0.717) is 12.2 Å². The van der Waals surface area contributed by atoms with Crippen LogP contribution in [0.4, 0.5) is 5.69 Å². The molecule has 4 rings (SSSR count). The lowest BCUT2D eigenvalue weighted by atomic mass is 10.2. The summed E-state index contributed by atoms with van der Waals surface area (Å²) in [5.74, 6) is -0.426. The van der Waals surface area contributed by atoms with E-state index >= 15 is 0 Å². The van der Waals surface area contributed by atoms with Gasteiger partial charge in [-0.1, -0.05) is 41.5 Å². The summed E-state index contributed by atoms with van der Waals surface area (Å²) in [6.07, 6.45) is 0. The van der Waals surface area contributed by atoms with Gasteiger partial charge in [0.2, 0.25) is 14.9 Å². The van der Waals surface area contributed by atoms with Gasteiger partial charge < -0.3 is 9.32 Å². The molecule has 0 N–H and O–H groups in total. The van der Waals surface area contributed by atoms with Crippen molar-refractivity contribution >= 4 is 32.8 Å². The second kappa shape index (κ2) is 8.53. The number of aryl methyl sites for hydroxylation is 2. The lowest BCUT2D eigenvalue weighted by Crippen LogP contribution is -2.29. The van der Waals surface area contributed by atoms with E-state index in [9.17, 15) is 13.2 Å². The molecule has 2 aromatic carbocycles. The normalized spacial score (nSPS) is 11.4. The fraction of sp³-hybridized carbons (Fsp3) is 0.125. The lowest BCUT2D eigenvalue weighted by Gasteiger charge is -2.21. The molecular weight excluding hydrogens is 430 g/mol. The monoisotopic (exact) mass is 451 g/mol. The summed E-state index contributed by atoms with van der Waals surface area (Å²) < 4.78 is 31.4. The first-order valence-corrected chi connectivity index (χ1v) is 12.0. The van der Waals surface area contributed by atoms with E-state index in [-0.39, 0.29) is 15.7 Å². The van der Waals surface area contributed by atoms with Crippen LogP contribution in [0.2, 0.25) is 0 Å². The number of sulfone groups is 1. The number of carbonyl (C=O) groups excluding carboxylic acids is 1. The second-order valence-electron chi connectivity index (χ2n) is 7.24. The van der Waals surface area contributed by atoms with Crippen molar-refractivity contribution in [2.75, 3.05) is 4.90 Å². The lowest BCUT2D eigenvalue weighted by molar-refractivity contribution is 0.0953. The van der Waals surface area contributed by atoms with Gasteiger partial charge in [-0.3, -0.25) is 4.79 Å². The molecule has 1 amide bonds. The summed E-state index contributed by atoms with van der Waals surface area (Å²) in [5.41, 5.74) is 2.75. The van der Waals surface area contributed by atoms with Gasteiger partial charge in [0.25, 0.3) is 5.91 Å². The molecule has 0 aliphatic heterocycles. The predicted molar refractivity (Wildman–Crippen MR) is 121 cm³/mol. The molecule has 7 heteroatoms. The van der Waals surface area contributed by atoms with E-state index in [1.54, 1.807) is 28.4 Å². The van der Waals surface area contributed by atoms with Crippen LogP contribution in [0.1, 0.15) is 26.6 Å². The highest BCUT2D eigenvalue weighted by Crippen LogP contribution is 2.27. The van der Waals surface area contributed by atoms with Gasteiger partial charge in [0, 0.05) is 10.6 Å². The first-order valence-electron chi connectivity index (χ1n) is 9.67. The zero-order valence-electron chi connectivity index (χ0n) is 17.1. The number of rotatable bonds is 6. The zero-order chi connectivity index (χ0) is 22.0. The van der Waals surface area contributed by atoms with Gasteiger partial charge in [-0.05, 0) is 61.7 Å². The van der Waals surface area contributed by atoms with Crippen LogP contribution in [0.3, 0.4) is 0 Å². The summed E-state index contributed by atoms with van der Waals surface area (Å²) in [4.78, 5) is 16.0. The number of benzene rings is 2. The third kappa shape index (κ3) is 4.47. The van der Waals surface area contributed by atoms with Crippen molar-refractivity contribution in [3.8, 4) is 0 Å². The Bertz CT molecular complexity index is 1290. The van der Waals surface area contributed by atoms with E-state index in [1.807, 2.05) is 55.6 Å². The maximum atomic E-state index is 13.3. The van der Waals surface area contributed by atoms with Crippen LogP contribution in [0.15, 0.2) is 92.6 Å². The molecule has 0 saturated carbocycles. The number of hydrogen-bond acceptors (Lipinski definition) is 5. The third-order valence-electron chi connectivity index (χ3n) is 4.87. The molecule has 0 spiro atoms. The number of nitrogens with zero attached hydrogens (tertiary/aromatic N) is 1. The highest BCUT2D eigenvalue weighted by molar-refractivity contribution is 7.91. The molecule has 0 fully saturated rings. The van der Waals surface area contributed by atoms with Crippen LogP contribution in [-0.4, -0.2) is 14.3 Å². The number of hydrogen-bond donors (Lipinski definition) is 0. The van der Waals surface area contributed by atoms with Gasteiger partial charge in [-0.2, -0.15) is 0 Å². The minimum atomic E-state index is -3.85. The van der Waals surface area contributed by atoms with Gasteiger partial charge in [-0.15, -0.1) is 11.3 Å². The minimum absolute atomic E-state index is 0.0252. The van der Waals surface area contributed by atoms with E-state index < -0.39 is 15.7 Å². The Morgan fingerprint density at radius 3 is 2.16 bits per heavy atom. The summed E-state index contributed by atoms with van der Waals surface area (Å²) in [5, 5.41) is 1.70. The van der Waals surface area contributed by atoms with Crippen molar-refractivity contribution in [3.63, 3.8) is 0 Å². The molecule has 0 saturated heterocycles. The van der Waals surface area contributed by atoms with E-state index in [4.69, 9.17) is 4.42 Å². The maximum absolute atomic E-state index is 13.3. The first kappa shape index (κ1) is 21.1. The van der Waals surface area contributed by atoms with Gasteiger partial charge in [0.15, 0.2) is 5.76 Å². The maximum Gasteiger partial charge on any atom is 0.294 e. The topological polar surface area (TPSA) is 67.6 Å². The fourth-order valence-corrected chi connectivity index (χ4v) is 4.98. The number of carbonyl (C=O) groups is 1. The van der Waals surface area contributed by atoms with Crippen LogP contribution < -0.4 is 4.90 Å². The zero-order valence-corrected chi connectivity index (χ0v) is 18.7. The van der Waals surface area contributed by atoms with Gasteiger partial charge in [0.1, 0.15) is 0 Å². The molecular formula is C24H21NO4S2. The van der Waals surface area contributed by atoms with Crippen molar-refractivity contribution in [1.82, 2.24) is 0 Å². The van der Waals surface area contributed by atoms with Crippen molar-refractivity contribution in [2.45, 2.75) is 30.4 Å². The highest BCUT2D eigenvalue weighted by Gasteiger charge is 2.26. The van der Waals surface area contributed by atoms with E-state index in [0.717, 1.165) is 16.0 Å². The molecule has 2 aromatic heterocycles. The molecule has 0 atom stereocenters. The minimum Gasteiger partial charge on any atom is -0.439 e. The Labute approximate surface area is 185 Å². The number of furan rings is 1. The van der Waals surface area contributed by atoms with Crippen LogP contribution in [0.5, 0.6) is 0 Å². The van der Waals surface area contributed by atoms with Crippen molar-refractivity contribution in [1.29, 1.82) is 0 Å². The Kier molecular flexibility index (Phi) is 5.80. The van der Waals surface area contributed by atoms with Gasteiger partial charge >= 0.3 is 0 Å². The molecule has 0 radical (unpaired) electrons. The average molecular weight is 452 g/mol. The molecule has 0 bridgehead atoms. The molecule has 2 heterocycles. The second-order valence-corrected chi connectivity index (χ2v) is 10.2. The van der Waals surface area contributed by atoms with Crippen molar-refractivity contribution in [3.05, 3.63) is 99.9 Å². The highest BCUT2D eigenvalue weighted by atomic mass is 32.2. The molecule has 0 unspecified atom stereocenters. The van der Waals surface area contributed by atoms with Crippen LogP contribution in [-0.2, 0) is 16.4 Å². The summed E-state index contributed by atoms with van der Waals surface area (Å²) in [7, 11) is -3.85. The molecule has 158 valence electrons. The largest absolute Gasteiger partial charge is 0.439 e. The summed E-state index contributed by atoms with van der Waals surface area (Å²) in [6, 6.07) is 20.7. The molecule has 0 aliphatic rings. The van der Waals surface area contributed by atoms with Crippen LogP contribution >= 0.6 is 11.3 Å². The Balaban J connectivity index is 1.67. The summed E-state index contributed by atoms with van der Waals surface area (Å²) in [6.45, 7) is 4.22. The Morgan fingerprint density at radius 2 is 1.55 bits per heavy atom.